The number of rotatable bonds is 4. The first kappa shape index (κ1) is 29.7. The van der Waals surface area contributed by atoms with Crippen LogP contribution in [0.25, 0.3) is 100 Å². The highest BCUT2D eigenvalue weighted by molar-refractivity contribution is 7.99. The van der Waals surface area contributed by atoms with Gasteiger partial charge in [0.25, 0.3) is 0 Å². The zero-order chi connectivity index (χ0) is 35.3. The molecule has 0 aliphatic carbocycles. The summed E-state index contributed by atoms with van der Waals surface area (Å²) in [4.78, 5) is 12.8. The van der Waals surface area contributed by atoms with Crippen LogP contribution in [0.15, 0.2) is 184 Å². The lowest BCUT2D eigenvalue weighted by Crippen LogP contribution is -2.01. The van der Waals surface area contributed by atoms with Crippen molar-refractivity contribution in [3.8, 4) is 45.1 Å². The molecule has 54 heavy (non-hydrogen) atoms. The summed E-state index contributed by atoms with van der Waals surface area (Å²) >= 11 is 1.85. The van der Waals surface area contributed by atoms with E-state index < -0.39 is 0 Å². The minimum atomic E-state index is 0.666. The van der Waals surface area contributed by atoms with Gasteiger partial charge in [0.1, 0.15) is 16.8 Å². The molecule has 0 fully saturated rings. The van der Waals surface area contributed by atoms with Crippen molar-refractivity contribution in [3.05, 3.63) is 170 Å². The van der Waals surface area contributed by atoms with Crippen LogP contribution in [0.1, 0.15) is 0 Å². The number of benzene rings is 7. The lowest BCUT2D eigenvalue weighted by Gasteiger charge is -2.20. The fraction of sp³-hybridized carbons (Fsp3) is 0. The van der Waals surface area contributed by atoms with Gasteiger partial charge in [-0.05, 0) is 59.7 Å². The maximum absolute atomic E-state index is 6.36. The maximum Gasteiger partial charge on any atom is 0.180 e. The smallest absolute Gasteiger partial charge is 0.180 e. The Kier molecular flexibility index (Phi) is 6.21. The molecule has 0 amide bonds. The Morgan fingerprint density at radius 2 is 1.19 bits per heavy atom. The van der Waals surface area contributed by atoms with Crippen molar-refractivity contribution >= 4 is 66.7 Å². The van der Waals surface area contributed by atoms with Crippen molar-refractivity contribution < 1.29 is 4.42 Å². The number of furan rings is 1. The summed E-state index contributed by atoms with van der Waals surface area (Å²) in [5.41, 5.74) is 14.6. The zero-order valence-corrected chi connectivity index (χ0v) is 29.6. The molecule has 0 radical (unpaired) electrons. The molecule has 0 saturated heterocycles. The Labute approximate surface area is 313 Å². The zero-order valence-electron chi connectivity index (χ0n) is 28.8. The minimum absolute atomic E-state index is 0.666. The van der Waals surface area contributed by atoms with Crippen LogP contribution >= 0.6 is 11.8 Å². The van der Waals surface area contributed by atoms with E-state index in [1.165, 1.54) is 53.9 Å². The van der Waals surface area contributed by atoms with Crippen molar-refractivity contribution in [2.75, 3.05) is 0 Å². The molecule has 12 rings (SSSR count). The van der Waals surface area contributed by atoms with E-state index in [-0.39, 0.29) is 0 Å². The Balaban J connectivity index is 1.11. The molecule has 0 bridgehead atoms. The van der Waals surface area contributed by atoms with Crippen LogP contribution in [0, 0.1) is 0 Å². The summed E-state index contributed by atoms with van der Waals surface area (Å²) < 4.78 is 11.3. The Morgan fingerprint density at radius 1 is 0.481 bits per heavy atom. The van der Waals surface area contributed by atoms with Gasteiger partial charge in [0.2, 0.25) is 0 Å². The summed E-state index contributed by atoms with van der Waals surface area (Å²) in [7, 11) is 0. The average molecular weight is 709 g/mol. The first-order valence-corrected chi connectivity index (χ1v) is 18.9. The molecule has 0 unspecified atom stereocenters. The second-order valence-electron chi connectivity index (χ2n) is 13.7. The standard InChI is InChI=1S/C48H28N4OS/c1-3-13-30(14-4-1)42-47-43(34-17-7-9-22-38(34)53-47)50-48(49-42)31-27-25-29(26-28-31)33-18-11-21-37-41(33)46-45(51(37)32-15-5-2-6-16-32)35-19-12-24-40-44(35)52(46)36-20-8-10-23-39(36)54-40/h1-28H. The number of nitrogens with zero attached hydrogens (tertiary/aromatic N) is 4. The van der Waals surface area contributed by atoms with Gasteiger partial charge in [-0.25, -0.2) is 9.97 Å². The molecular weight excluding hydrogens is 681 g/mol. The van der Waals surface area contributed by atoms with E-state index in [1.54, 1.807) is 0 Å². The molecule has 252 valence electrons. The normalized spacial score (nSPS) is 12.4. The van der Waals surface area contributed by atoms with Crippen molar-refractivity contribution in [3.63, 3.8) is 0 Å². The minimum Gasteiger partial charge on any atom is -0.452 e. The molecule has 5 heterocycles. The lowest BCUT2D eigenvalue weighted by molar-refractivity contribution is 0.667. The maximum atomic E-state index is 6.36. The topological polar surface area (TPSA) is 48.8 Å². The molecule has 7 aromatic carbocycles. The van der Waals surface area contributed by atoms with Gasteiger partial charge in [0, 0.05) is 42.8 Å². The van der Waals surface area contributed by atoms with E-state index >= 15 is 0 Å². The first-order valence-electron chi connectivity index (χ1n) is 18.1. The van der Waals surface area contributed by atoms with Crippen molar-refractivity contribution in [2.45, 2.75) is 9.79 Å². The van der Waals surface area contributed by atoms with Crippen LogP contribution in [0.4, 0.5) is 0 Å². The molecule has 1 aliphatic heterocycles. The number of fused-ring (bicyclic) bond motifs is 10. The molecule has 1 aliphatic rings. The third kappa shape index (κ3) is 4.17. The summed E-state index contributed by atoms with van der Waals surface area (Å²) in [6.45, 7) is 0. The van der Waals surface area contributed by atoms with Crippen LogP contribution in [0.3, 0.4) is 0 Å². The van der Waals surface area contributed by atoms with Gasteiger partial charge in [-0.3, -0.25) is 0 Å². The Hall–Kier alpha value is -6.89. The number of hydrogen-bond donors (Lipinski definition) is 0. The average Bonchev–Trinajstić information content (AvgIpc) is 3.90. The Bertz CT molecular complexity index is 3290. The molecule has 0 saturated carbocycles. The van der Waals surface area contributed by atoms with E-state index in [1.807, 2.05) is 48.2 Å². The third-order valence-electron chi connectivity index (χ3n) is 10.7. The highest BCUT2D eigenvalue weighted by Gasteiger charge is 2.29. The second kappa shape index (κ2) is 11.3. The van der Waals surface area contributed by atoms with E-state index in [0.29, 0.717) is 11.4 Å². The number of para-hydroxylation sites is 4. The largest absolute Gasteiger partial charge is 0.452 e. The summed E-state index contributed by atoms with van der Waals surface area (Å²) in [5.74, 6) is 0.666. The molecule has 0 atom stereocenters. The highest BCUT2D eigenvalue weighted by atomic mass is 32.2. The van der Waals surface area contributed by atoms with Gasteiger partial charge in [0.15, 0.2) is 11.4 Å². The lowest BCUT2D eigenvalue weighted by atomic mass is 9.99. The van der Waals surface area contributed by atoms with Gasteiger partial charge in [-0.15, -0.1) is 0 Å². The fourth-order valence-electron chi connectivity index (χ4n) is 8.41. The van der Waals surface area contributed by atoms with Gasteiger partial charge in [-0.2, -0.15) is 0 Å². The van der Waals surface area contributed by atoms with Crippen LogP contribution in [0.5, 0.6) is 0 Å². The van der Waals surface area contributed by atoms with E-state index in [4.69, 9.17) is 14.4 Å². The SMILES string of the molecule is c1ccc(-c2nc(-c3ccc(-c4cccc5c4c4c(c6cccc7c6n4-c4ccccc4S7)n5-c4ccccc4)cc3)nc3c2oc2ccccc23)cc1. The quantitative estimate of drug-likeness (QED) is 0.183. The van der Waals surface area contributed by atoms with Crippen LogP contribution in [-0.2, 0) is 0 Å². The van der Waals surface area contributed by atoms with Gasteiger partial charge in [0.05, 0.1) is 27.8 Å². The van der Waals surface area contributed by atoms with E-state index in [0.717, 1.165) is 44.6 Å². The number of aromatic nitrogens is 4. The summed E-state index contributed by atoms with van der Waals surface area (Å²) in [6.07, 6.45) is 0. The molecule has 11 aromatic rings. The summed E-state index contributed by atoms with van der Waals surface area (Å²) in [5, 5.41) is 3.46. The second-order valence-corrected chi connectivity index (χ2v) is 14.8. The van der Waals surface area contributed by atoms with Gasteiger partial charge in [-0.1, -0.05) is 133 Å². The molecule has 6 heteroatoms. The van der Waals surface area contributed by atoms with Crippen LogP contribution < -0.4 is 0 Å². The van der Waals surface area contributed by atoms with Crippen molar-refractivity contribution in [2.24, 2.45) is 0 Å². The molecule has 4 aromatic heterocycles. The van der Waals surface area contributed by atoms with E-state index in [2.05, 4.69) is 143 Å². The molecular formula is C48H28N4OS. The monoisotopic (exact) mass is 708 g/mol. The third-order valence-corrected chi connectivity index (χ3v) is 11.8. The van der Waals surface area contributed by atoms with Gasteiger partial charge < -0.3 is 13.6 Å². The van der Waals surface area contributed by atoms with Crippen molar-refractivity contribution in [1.82, 2.24) is 19.1 Å². The molecule has 0 spiro atoms. The van der Waals surface area contributed by atoms with Crippen molar-refractivity contribution in [1.29, 1.82) is 0 Å². The Morgan fingerprint density at radius 3 is 2.06 bits per heavy atom. The first-order chi connectivity index (χ1) is 26.8. The summed E-state index contributed by atoms with van der Waals surface area (Å²) in [6, 6.07) is 60.0. The predicted octanol–water partition coefficient (Wildman–Crippen LogP) is 12.9. The number of hydrogen-bond acceptors (Lipinski definition) is 4. The van der Waals surface area contributed by atoms with Crippen LogP contribution in [0.2, 0.25) is 0 Å². The van der Waals surface area contributed by atoms with E-state index in [9.17, 15) is 0 Å². The van der Waals surface area contributed by atoms with Crippen LogP contribution in [-0.4, -0.2) is 19.1 Å². The molecule has 0 N–H and O–H groups in total. The predicted molar refractivity (Wildman–Crippen MR) is 221 cm³/mol. The highest BCUT2D eigenvalue weighted by Crippen LogP contribution is 2.51. The fourth-order valence-corrected chi connectivity index (χ4v) is 9.50. The molecule has 5 nitrogen and oxygen atoms in total. The van der Waals surface area contributed by atoms with Gasteiger partial charge >= 0.3 is 0 Å².